The van der Waals surface area contributed by atoms with Crippen LogP contribution in [0, 0.1) is 6.92 Å². The van der Waals surface area contributed by atoms with Crippen molar-refractivity contribution in [3.05, 3.63) is 82.1 Å². The highest BCUT2D eigenvalue weighted by Gasteiger charge is 2.19. The number of carbonyl (C=O) groups is 2. The molecular formula is C24H23N5O4. The molecule has 4 rings (SSSR count). The lowest BCUT2D eigenvalue weighted by atomic mass is 10.1. The zero-order chi connectivity index (χ0) is 23.5. The SMILES string of the molecule is Cc1oc(-c2ccccc2)nc1CC(=O)NNC(=O)c1nn(C(C)C)c(=O)c2ccccc12. The van der Waals surface area contributed by atoms with Gasteiger partial charge in [-0.25, -0.2) is 9.67 Å². The van der Waals surface area contributed by atoms with Crippen molar-refractivity contribution >= 4 is 22.6 Å². The molecule has 2 amide bonds. The van der Waals surface area contributed by atoms with E-state index in [1.165, 1.54) is 4.68 Å². The van der Waals surface area contributed by atoms with Crippen molar-refractivity contribution in [1.82, 2.24) is 25.6 Å². The van der Waals surface area contributed by atoms with Crippen molar-refractivity contribution in [3.63, 3.8) is 0 Å². The van der Waals surface area contributed by atoms with Crippen molar-refractivity contribution in [2.24, 2.45) is 0 Å². The normalized spacial score (nSPS) is 11.0. The third-order valence-corrected chi connectivity index (χ3v) is 5.09. The van der Waals surface area contributed by atoms with Crippen molar-refractivity contribution in [2.45, 2.75) is 33.2 Å². The first-order chi connectivity index (χ1) is 15.8. The minimum absolute atomic E-state index is 0.0446. The molecule has 9 heteroatoms. The van der Waals surface area contributed by atoms with E-state index in [9.17, 15) is 14.4 Å². The molecule has 0 fully saturated rings. The number of aromatic nitrogens is 3. The molecule has 0 saturated carbocycles. The molecule has 2 aromatic heterocycles. The van der Waals surface area contributed by atoms with Crippen molar-refractivity contribution in [1.29, 1.82) is 0 Å². The number of rotatable bonds is 5. The summed E-state index contributed by atoms with van der Waals surface area (Å²) in [6, 6.07) is 15.9. The number of benzene rings is 2. The van der Waals surface area contributed by atoms with E-state index < -0.39 is 11.8 Å². The van der Waals surface area contributed by atoms with Gasteiger partial charge in [0.15, 0.2) is 5.69 Å². The quantitative estimate of drug-likeness (QED) is 0.456. The molecule has 0 aliphatic heterocycles. The van der Waals surface area contributed by atoms with Crippen LogP contribution in [0.1, 0.15) is 41.8 Å². The largest absolute Gasteiger partial charge is 0.441 e. The Morgan fingerprint density at radius 1 is 1.00 bits per heavy atom. The monoisotopic (exact) mass is 445 g/mol. The van der Waals surface area contributed by atoms with E-state index in [1.807, 2.05) is 30.3 Å². The first-order valence-electron chi connectivity index (χ1n) is 10.5. The second kappa shape index (κ2) is 9.07. The summed E-state index contributed by atoms with van der Waals surface area (Å²) in [4.78, 5) is 42.3. The zero-order valence-corrected chi connectivity index (χ0v) is 18.5. The molecule has 9 nitrogen and oxygen atoms in total. The Morgan fingerprint density at radius 2 is 1.67 bits per heavy atom. The smallest absolute Gasteiger partial charge is 0.290 e. The number of oxazole rings is 1. The van der Waals surface area contributed by atoms with Crippen molar-refractivity contribution in [3.8, 4) is 11.5 Å². The van der Waals surface area contributed by atoms with Crippen molar-refractivity contribution < 1.29 is 14.0 Å². The van der Waals surface area contributed by atoms with Gasteiger partial charge in [0.25, 0.3) is 11.5 Å². The van der Waals surface area contributed by atoms with E-state index in [4.69, 9.17) is 4.42 Å². The number of carbonyl (C=O) groups excluding carboxylic acids is 2. The third kappa shape index (κ3) is 4.52. The van der Waals surface area contributed by atoms with E-state index in [0.29, 0.717) is 28.1 Å². The predicted octanol–water partition coefficient (Wildman–Crippen LogP) is 2.94. The van der Waals surface area contributed by atoms with Gasteiger partial charge in [-0.05, 0) is 39.0 Å². The zero-order valence-electron chi connectivity index (χ0n) is 18.5. The van der Waals surface area contributed by atoms with E-state index in [1.54, 1.807) is 45.0 Å². The highest BCUT2D eigenvalue weighted by atomic mass is 16.4. The maximum atomic E-state index is 12.8. The average Bonchev–Trinajstić information content (AvgIpc) is 3.18. The minimum atomic E-state index is -0.629. The van der Waals surface area contributed by atoms with Gasteiger partial charge >= 0.3 is 0 Å². The van der Waals surface area contributed by atoms with Gasteiger partial charge in [-0.1, -0.05) is 36.4 Å². The first kappa shape index (κ1) is 21.9. The Balaban J connectivity index is 1.49. The number of nitrogens with one attached hydrogen (secondary N) is 2. The molecule has 0 spiro atoms. The van der Waals surface area contributed by atoms with Crippen LogP contribution < -0.4 is 16.4 Å². The van der Waals surface area contributed by atoms with Crippen LogP contribution in [0.3, 0.4) is 0 Å². The topological polar surface area (TPSA) is 119 Å². The molecule has 0 bridgehead atoms. The summed E-state index contributed by atoms with van der Waals surface area (Å²) in [7, 11) is 0. The summed E-state index contributed by atoms with van der Waals surface area (Å²) >= 11 is 0. The molecule has 0 saturated heterocycles. The number of fused-ring (bicyclic) bond motifs is 1. The summed E-state index contributed by atoms with van der Waals surface area (Å²) < 4.78 is 6.92. The average molecular weight is 445 g/mol. The second-order valence-electron chi connectivity index (χ2n) is 7.80. The Labute approximate surface area is 189 Å². The highest BCUT2D eigenvalue weighted by molar-refractivity contribution is 6.05. The third-order valence-electron chi connectivity index (χ3n) is 5.09. The van der Waals surface area contributed by atoms with Gasteiger partial charge < -0.3 is 4.42 Å². The molecule has 0 aliphatic rings. The molecule has 2 N–H and O–H groups in total. The van der Waals surface area contributed by atoms with Crippen molar-refractivity contribution in [2.75, 3.05) is 0 Å². The second-order valence-corrected chi connectivity index (χ2v) is 7.80. The van der Waals surface area contributed by atoms with Gasteiger partial charge in [-0.3, -0.25) is 25.2 Å². The van der Waals surface area contributed by atoms with Gasteiger partial charge in [0, 0.05) is 10.9 Å². The fourth-order valence-corrected chi connectivity index (χ4v) is 3.40. The number of hydrazine groups is 1. The standard InChI is InChI=1S/C24H23N5O4/c1-14(2)29-24(32)18-12-8-7-11-17(18)21(28-29)22(31)27-26-20(30)13-19-15(3)33-23(25-19)16-9-5-4-6-10-16/h4-12,14H,13H2,1-3H3,(H,26,30)(H,27,31). The summed E-state index contributed by atoms with van der Waals surface area (Å²) in [5.41, 5.74) is 5.80. The predicted molar refractivity (Wildman–Crippen MR) is 122 cm³/mol. The first-order valence-corrected chi connectivity index (χ1v) is 10.5. The lowest BCUT2D eigenvalue weighted by Crippen LogP contribution is -2.43. The van der Waals surface area contributed by atoms with Crippen LogP contribution in [0.5, 0.6) is 0 Å². The molecule has 0 atom stereocenters. The molecule has 2 heterocycles. The fourth-order valence-electron chi connectivity index (χ4n) is 3.40. The van der Waals surface area contributed by atoms with E-state index in [-0.39, 0.29) is 23.7 Å². The number of aryl methyl sites for hydroxylation is 1. The Bertz CT molecular complexity index is 1390. The molecule has 0 radical (unpaired) electrons. The van der Waals surface area contributed by atoms with Crippen LogP contribution in [0.4, 0.5) is 0 Å². The van der Waals surface area contributed by atoms with Crippen LogP contribution in [-0.4, -0.2) is 26.6 Å². The molecule has 0 aliphatic carbocycles. The number of hydrogen-bond donors (Lipinski definition) is 2. The van der Waals surface area contributed by atoms with Crippen LogP contribution in [0.25, 0.3) is 22.2 Å². The fraction of sp³-hybridized carbons (Fsp3) is 0.208. The lowest BCUT2D eigenvalue weighted by molar-refractivity contribution is -0.121. The Hall–Kier alpha value is -4.27. The van der Waals surface area contributed by atoms with Gasteiger partial charge in [0.1, 0.15) is 5.76 Å². The van der Waals surface area contributed by atoms with Crippen LogP contribution in [0.15, 0.2) is 63.8 Å². The molecule has 2 aromatic carbocycles. The molecule has 33 heavy (non-hydrogen) atoms. The van der Waals surface area contributed by atoms with Crippen LogP contribution in [0.2, 0.25) is 0 Å². The van der Waals surface area contributed by atoms with Crippen LogP contribution in [-0.2, 0) is 11.2 Å². The van der Waals surface area contributed by atoms with E-state index in [2.05, 4.69) is 20.9 Å². The van der Waals surface area contributed by atoms with Gasteiger partial charge in [-0.15, -0.1) is 0 Å². The van der Waals surface area contributed by atoms with Gasteiger partial charge in [0.05, 0.1) is 23.5 Å². The maximum Gasteiger partial charge on any atom is 0.290 e. The molecular weight excluding hydrogens is 422 g/mol. The van der Waals surface area contributed by atoms with Gasteiger partial charge in [0.2, 0.25) is 11.8 Å². The molecule has 168 valence electrons. The van der Waals surface area contributed by atoms with E-state index >= 15 is 0 Å². The maximum absolute atomic E-state index is 12.8. The lowest BCUT2D eigenvalue weighted by Gasteiger charge is -2.13. The van der Waals surface area contributed by atoms with E-state index in [0.717, 1.165) is 5.56 Å². The summed E-state index contributed by atoms with van der Waals surface area (Å²) in [6.07, 6.45) is -0.0812. The number of amides is 2. The highest BCUT2D eigenvalue weighted by Crippen LogP contribution is 2.21. The summed E-state index contributed by atoms with van der Waals surface area (Å²) in [5.74, 6) is -0.157. The molecule has 0 unspecified atom stereocenters. The van der Waals surface area contributed by atoms with Crippen LogP contribution >= 0.6 is 0 Å². The minimum Gasteiger partial charge on any atom is -0.441 e. The molecule has 4 aromatic rings. The summed E-state index contributed by atoms with van der Waals surface area (Å²) in [5, 5.41) is 5.01. The number of hydrogen-bond acceptors (Lipinski definition) is 6. The summed E-state index contributed by atoms with van der Waals surface area (Å²) in [6.45, 7) is 5.33. The van der Waals surface area contributed by atoms with Gasteiger partial charge in [-0.2, -0.15) is 5.10 Å². The Morgan fingerprint density at radius 3 is 2.36 bits per heavy atom. The number of nitrogens with zero attached hydrogens (tertiary/aromatic N) is 3. The Kier molecular flexibility index (Phi) is 6.03.